The summed E-state index contributed by atoms with van der Waals surface area (Å²) in [6.45, 7) is 8.67. The number of benzene rings is 1. The topological polar surface area (TPSA) is 72.6 Å². The van der Waals surface area contributed by atoms with Gasteiger partial charge in [0.25, 0.3) is 5.69 Å². The third-order valence-corrected chi connectivity index (χ3v) is 3.43. The summed E-state index contributed by atoms with van der Waals surface area (Å²) in [5.74, 6) is 0. The lowest BCUT2D eigenvalue weighted by Gasteiger charge is -2.37. The van der Waals surface area contributed by atoms with Crippen molar-refractivity contribution in [3.8, 4) is 0 Å². The maximum atomic E-state index is 10.7. The van der Waals surface area contributed by atoms with Crippen LogP contribution in [0.15, 0.2) is 18.2 Å². The first-order valence-electron chi connectivity index (χ1n) is 6.03. The number of nitro groups is 1. The molecule has 0 aliphatic rings. The van der Waals surface area contributed by atoms with Crippen molar-refractivity contribution in [2.75, 3.05) is 0 Å². The number of hydrogen-bond acceptors (Lipinski definition) is 4. The molecule has 0 heterocycles. The molecule has 0 aromatic heterocycles. The van der Waals surface area contributed by atoms with Crippen molar-refractivity contribution in [3.05, 3.63) is 33.9 Å². The Morgan fingerprint density at radius 3 is 2.37 bits per heavy atom. The molecule has 1 aromatic carbocycles. The number of rotatable bonds is 5. The Labute approximate surface area is 114 Å². The van der Waals surface area contributed by atoms with Gasteiger partial charge in [0, 0.05) is 12.1 Å². The van der Waals surface area contributed by atoms with E-state index in [1.807, 2.05) is 6.92 Å². The molecule has 0 unspecified atom stereocenters. The van der Waals surface area contributed by atoms with Crippen molar-refractivity contribution < 1.29 is 14.7 Å². The zero-order valence-electron chi connectivity index (χ0n) is 11.9. The van der Waals surface area contributed by atoms with Crippen LogP contribution in [-0.2, 0) is 4.65 Å². The lowest BCUT2D eigenvalue weighted by atomic mass is 9.80. The fraction of sp³-hybridized carbons (Fsp3) is 0.538. The second kappa shape index (κ2) is 5.31. The van der Waals surface area contributed by atoms with Crippen LogP contribution >= 0.6 is 0 Å². The van der Waals surface area contributed by atoms with Gasteiger partial charge in [-0.3, -0.25) is 10.1 Å². The number of non-ortho nitro benzene ring substituents is 1. The molecule has 103 valence electrons. The lowest BCUT2D eigenvalue weighted by Crippen LogP contribution is -2.49. The zero-order valence-corrected chi connectivity index (χ0v) is 11.9. The predicted molar refractivity (Wildman–Crippen MR) is 74.7 cm³/mol. The van der Waals surface area contributed by atoms with Gasteiger partial charge in [0.2, 0.25) is 0 Å². The Bertz CT molecular complexity index is 480. The molecular formula is C13H19BNO4. The molecule has 0 spiro atoms. The zero-order chi connectivity index (χ0) is 14.8. The van der Waals surface area contributed by atoms with Gasteiger partial charge >= 0.3 is 7.48 Å². The first kappa shape index (κ1) is 15.7. The van der Waals surface area contributed by atoms with Crippen molar-refractivity contribution in [3.63, 3.8) is 0 Å². The molecule has 0 aliphatic carbocycles. The van der Waals surface area contributed by atoms with E-state index in [0.29, 0.717) is 5.46 Å². The van der Waals surface area contributed by atoms with Gasteiger partial charge in [0.1, 0.15) is 0 Å². The monoisotopic (exact) mass is 264 g/mol. The van der Waals surface area contributed by atoms with E-state index >= 15 is 0 Å². The van der Waals surface area contributed by atoms with Gasteiger partial charge in [-0.1, -0.05) is 11.6 Å². The van der Waals surface area contributed by atoms with Crippen LogP contribution in [0.1, 0.15) is 33.3 Å². The van der Waals surface area contributed by atoms with Crippen molar-refractivity contribution in [1.82, 2.24) is 0 Å². The highest BCUT2D eigenvalue weighted by atomic mass is 16.6. The molecule has 1 radical (unpaired) electrons. The quantitative estimate of drug-likeness (QED) is 0.499. The van der Waals surface area contributed by atoms with E-state index in [0.717, 1.165) is 5.56 Å². The fourth-order valence-corrected chi connectivity index (χ4v) is 1.22. The Kier molecular flexibility index (Phi) is 4.37. The second-order valence-corrected chi connectivity index (χ2v) is 5.60. The Balaban J connectivity index is 2.89. The number of hydrogen-bond donors (Lipinski definition) is 1. The third-order valence-electron chi connectivity index (χ3n) is 3.43. The van der Waals surface area contributed by atoms with Crippen LogP contribution in [0.25, 0.3) is 0 Å². The molecule has 0 bridgehead atoms. The van der Waals surface area contributed by atoms with Crippen LogP contribution in [0.5, 0.6) is 0 Å². The highest BCUT2D eigenvalue weighted by Gasteiger charge is 2.35. The number of aryl methyl sites for hydroxylation is 1. The van der Waals surface area contributed by atoms with Gasteiger partial charge < -0.3 is 9.76 Å². The molecule has 6 heteroatoms. The van der Waals surface area contributed by atoms with Gasteiger partial charge in [-0.05, 0) is 40.1 Å². The minimum Gasteiger partial charge on any atom is -0.427 e. The summed E-state index contributed by atoms with van der Waals surface area (Å²) in [7, 11) is 1.46. The minimum absolute atomic E-state index is 0.0153. The van der Waals surface area contributed by atoms with Gasteiger partial charge in [0.15, 0.2) is 0 Å². The Morgan fingerprint density at radius 1 is 1.32 bits per heavy atom. The molecule has 1 aromatic rings. The van der Waals surface area contributed by atoms with E-state index in [1.165, 1.54) is 19.6 Å². The highest BCUT2D eigenvalue weighted by Crippen LogP contribution is 2.24. The normalized spacial score (nSPS) is 12.3. The van der Waals surface area contributed by atoms with Crippen molar-refractivity contribution in [2.45, 2.75) is 45.8 Å². The van der Waals surface area contributed by atoms with Crippen LogP contribution in [0.4, 0.5) is 5.69 Å². The van der Waals surface area contributed by atoms with E-state index in [9.17, 15) is 15.2 Å². The van der Waals surface area contributed by atoms with Crippen molar-refractivity contribution in [2.24, 2.45) is 0 Å². The van der Waals surface area contributed by atoms with Gasteiger partial charge in [0.05, 0.1) is 16.1 Å². The summed E-state index contributed by atoms with van der Waals surface area (Å²) in [6.07, 6.45) is 0. The Morgan fingerprint density at radius 2 is 1.89 bits per heavy atom. The summed E-state index contributed by atoms with van der Waals surface area (Å²) >= 11 is 0. The number of aliphatic hydroxyl groups is 1. The van der Waals surface area contributed by atoms with E-state index in [2.05, 4.69) is 0 Å². The van der Waals surface area contributed by atoms with Gasteiger partial charge in [-0.25, -0.2) is 0 Å². The Hall–Kier alpha value is -1.40. The summed E-state index contributed by atoms with van der Waals surface area (Å²) in [5.41, 5.74) is -0.312. The standard InChI is InChI=1S/C13H19BNO4/c1-9-6-7-10(15(17)18)8-11(9)14-19-13(4,5)12(2,3)16/h6-8,16H,1-5H3. The van der Waals surface area contributed by atoms with E-state index < -0.39 is 16.1 Å². The van der Waals surface area contributed by atoms with E-state index in [-0.39, 0.29) is 5.69 Å². The molecule has 0 saturated heterocycles. The SMILES string of the molecule is Cc1ccc([N+](=O)[O-])cc1[B]OC(C)(C)C(C)(C)O. The second-order valence-electron chi connectivity index (χ2n) is 5.60. The molecule has 0 aliphatic heterocycles. The smallest absolute Gasteiger partial charge is 0.331 e. The molecule has 19 heavy (non-hydrogen) atoms. The highest BCUT2D eigenvalue weighted by molar-refractivity contribution is 6.47. The van der Waals surface area contributed by atoms with E-state index in [1.54, 1.807) is 33.8 Å². The summed E-state index contributed by atoms with van der Waals surface area (Å²) in [6, 6.07) is 4.58. The number of nitrogens with zero attached hydrogens (tertiary/aromatic N) is 1. The van der Waals surface area contributed by atoms with Gasteiger partial charge in [-0.15, -0.1) is 0 Å². The lowest BCUT2D eigenvalue weighted by molar-refractivity contribution is -0.384. The fourth-order valence-electron chi connectivity index (χ4n) is 1.22. The molecular weight excluding hydrogens is 245 g/mol. The summed E-state index contributed by atoms with van der Waals surface area (Å²) < 4.78 is 5.60. The third kappa shape index (κ3) is 3.78. The molecule has 1 N–H and O–H groups in total. The average Bonchev–Trinajstić information content (AvgIpc) is 2.26. The van der Waals surface area contributed by atoms with Crippen molar-refractivity contribution in [1.29, 1.82) is 0 Å². The molecule has 1 rings (SSSR count). The van der Waals surface area contributed by atoms with E-state index in [4.69, 9.17) is 4.65 Å². The maximum absolute atomic E-state index is 10.7. The van der Waals surface area contributed by atoms with Crippen LogP contribution in [0.2, 0.25) is 0 Å². The first-order chi connectivity index (χ1) is 8.54. The average molecular weight is 264 g/mol. The van der Waals surface area contributed by atoms with Gasteiger partial charge in [-0.2, -0.15) is 0 Å². The van der Waals surface area contributed by atoms with Crippen LogP contribution in [0.3, 0.4) is 0 Å². The van der Waals surface area contributed by atoms with Crippen LogP contribution in [-0.4, -0.2) is 28.7 Å². The molecule has 0 amide bonds. The molecule has 0 fully saturated rings. The first-order valence-corrected chi connectivity index (χ1v) is 6.03. The molecule has 0 atom stereocenters. The summed E-state index contributed by atoms with van der Waals surface area (Å²) in [4.78, 5) is 10.3. The number of nitro benzene ring substituents is 1. The predicted octanol–water partition coefficient (Wildman–Crippen LogP) is 1.71. The van der Waals surface area contributed by atoms with Crippen LogP contribution < -0.4 is 5.46 Å². The van der Waals surface area contributed by atoms with Crippen molar-refractivity contribution >= 4 is 18.6 Å². The molecule has 5 nitrogen and oxygen atoms in total. The maximum Gasteiger partial charge on any atom is 0.331 e. The van der Waals surface area contributed by atoms with Crippen LogP contribution in [0, 0.1) is 17.0 Å². The minimum atomic E-state index is -1.03. The summed E-state index contributed by atoms with van der Waals surface area (Å²) in [5, 5.41) is 20.7. The molecule has 0 saturated carbocycles. The largest absolute Gasteiger partial charge is 0.427 e.